The number of benzene rings is 1. The normalized spacial score (nSPS) is 19.2. The van der Waals surface area contributed by atoms with E-state index in [1.165, 1.54) is 0 Å². The Labute approximate surface area is 97.6 Å². The molecule has 0 bridgehead atoms. The van der Waals surface area contributed by atoms with Gasteiger partial charge in [0.05, 0.1) is 5.69 Å². The number of para-hydroxylation sites is 2. The Morgan fingerprint density at radius 3 is 2.94 bits per heavy atom. The van der Waals surface area contributed by atoms with Crippen molar-refractivity contribution in [3.8, 4) is 5.75 Å². The highest BCUT2D eigenvalue weighted by Crippen LogP contribution is 2.30. The van der Waals surface area contributed by atoms with Crippen molar-refractivity contribution in [2.24, 2.45) is 5.73 Å². The molecule has 1 aromatic rings. The zero-order chi connectivity index (χ0) is 12.4. The summed E-state index contributed by atoms with van der Waals surface area (Å²) in [5.41, 5.74) is 6.05. The van der Waals surface area contributed by atoms with E-state index in [-0.39, 0.29) is 6.61 Å². The second kappa shape index (κ2) is 4.42. The van der Waals surface area contributed by atoms with E-state index in [0.29, 0.717) is 11.4 Å². The molecule has 1 unspecified atom stereocenters. The molecule has 1 aliphatic rings. The largest absolute Gasteiger partial charge is 0.489 e. The van der Waals surface area contributed by atoms with Crippen LogP contribution in [0.1, 0.15) is 0 Å². The molecule has 0 saturated heterocycles. The lowest BCUT2D eigenvalue weighted by atomic mass is 10.2. The van der Waals surface area contributed by atoms with Crippen LogP contribution in [0.15, 0.2) is 24.3 Å². The topological polar surface area (TPSA) is 92.9 Å². The second-order valence-corrected chi connectivity index (χ2v) is 3.70. The number of hydrogen-bond donors (Lipinski definition) is 2. The van der Waals surface area contributed by atoms with Gasteiger partial charge in [0.25, 0.3) is 0 Å². The zero-order valence-electron chi connectivity index (χ0n) is 9.00. The van der Waals surface area contributed by atoms with Crippen LogP contribution in [0.5, 0.6) is 5.75 Å². The first-order valence-electron chi connectivity index (χ1n) is 5.10. The summed E-state index contributed by atoms with van der Waals surface area (Å²) >= 11 is 0. The number of carbonyl (C=O) groups excluding carboxylic acids is 1. The average molecular weight is 236 g/mol. The van der Waals surface area contributed by atoms with Crippen LogP contribution < -0.4 is 15.4 Å². The Morgan fingerprint density at radius 1 is 1.53 bits per heavy atom. The quantitative estimate of drug-likeness (QED) is 0.743. The van der Waals surface area contributed by atoms with Crippen LogP contribution in [0.4, 0.5) is 5.69 Å². The van der Waals surface area contributed by atoms with Crippen LogP contribution in [0.3, 0.4) is 0 Å². The molecule has 0 aromatic heterocycles. The third kappa shape index (κ3) is 2.21. The van der Waals surface area contributed by atoms with Crippen molar-refractivity contribution < 1.29 is 19.4 Å². The minimum Gasteiger partial charge on any atom is -0.489 e. The van der Waals surface area contributed by atoms with E-state index in [4.69, 9.17) is 15.6 Å². The molecule has 0 aliphatic carbocycles. The molecule has 3 N–H and O–H groups in total. The van der Waals surface area contributed by atoms with Crippen molar-refractivity contribution in [2.75, 3.05) is 18.1 Å². The van der Waals surface area contributed by atoms with E-state index in [2.05, 4.69) is 0 Å². The lowest BCUT2D eigenvalue weighted by Gasteiger charge is -2.20. The molecule has 6 nitrogen and oxygen atoms in total. The van der Waals surface area contributed by atoms with Gasteiger partial charge in [-0.05, 0) is 12.1 Å². The summed E-state index contributed by atoms with van der Waals surface area (Å²) < 4.78 is 5.36. The standard InChI is InChI=1S/C11H12N2O4/c12-7-6-17-9-4-2-1-3-8(9)13(11(7)16)5-10(14)15/h1-4,7H,5-6,12H2,(H,14,15). The van der Waals surface area contributed by atoms with E-state index >= 15 is 0 Å². The van der Waals surface area contributed by atoms with Gasteiger partial charge < -0.3 is 15.6 Å². The van der Waals surface area contributed by atoms with Gasteiger partial charge in [-0.2, -0.15) is 0 Å². The van der Waals surface area contributed by atoms with Gasteiger partial charge in [0.15, 0.2) is 0 Å². The molecule has 0 fully saturated rings. The Balaban J connectivity index is 2.43. The molecule has 0 spiro atoms. The first-order chi connectivity index (χ1) is 8.09. The van der Waals surface area contributed by atoms with Crippen molar-refractivity contribution >= 4 is 17.6 Å². The fourth-order valence-electron chi connectivity index (χ4n) is 1.67. The molecule has 1 heterocycles. The smallest absolute Gasteiger partial charge is 0.323 e. The number of amides is 1. The first-order valence-corrected chi connectivity index (χ1v) is 5.10. The number of carboxylic acids is 1. The van der Waals surface area contributed by atoms with Gasteiger partial charge in [-0.25, -0.2) is 0 Å². The number of hydrogen-bond acceptors (Lipinski definition) is 4. The van der Waals surface area contributed by atoms with E-state index in [1.807, 2.05) is 0 Å². The van der Waals surface area contributed by atoms with Gasteiger partial charge >= 0.3 is 5.97 Å². The minimum atomic E-state index is -1.10. The molecular formula is C11H12N2O4. The maximum atomic E-state index is 11.9. The van der Waals surface area contributed by atoms with Gasteiger partial charge in [-0.3, -0.25) is 14.5 Å². The zero-order valence-corrected chi connectivity index (χ0v) is 9.00. The fourth-order valence-corrected chi connectivity index (χ4v) is 1.67. The molecule has 1 amide bonds. The molecular weight excluding hydrogens is 224 g/mol. The monoisotopic (exact) mass is 236 g/mol. The fraction of sp³-hybridized carbons (Fsp3) is 0.273. The molecule has 1 aromatic carbocycles. The predicted molar refractivity (Wildman–Crippen MR) is 59.9 cm³/mol. The summed E-state index contributed by atoms with van der Waals surface area (Å²) in [6, 6.07) is 5.92. The van der Waals surface area contributed by atoms with Crippen LogP contribution >= 0.6 is 0 Å². The maximum absolute atomic E-state index is 11.9. The summed E-state index contributed by atoms with van der Waals surface area (Å²) in [6.07, 6.45) is 0. The van der Waals surface area contributed by atoms with E-state index in [1.54, 1.807) is 24.3 Å². The lowest BCUT2D eigenvalue weighted by molar-refractivity contribution is -0.136. The molecule has 0 radical (unpaired) electrons. The van der Waals surface area contributed by atoms with Gasteiger partial charge in [0, 0.05) is 0 Å². The number of carboxylic acid groups (broad SMARTS) is 1. The van der Waals surface area contributed by atoms with Crippen LogP contribution in [-0.4, -0.2) is 36.2 Å². The van der Waals surface area contributed by atoms with Gasteiger partial charge in [-0.15, -0.1) is 0 Å². The molecule has 6 heteroatoms. The van der Waals surface area contributed by atoms with Crippen molar-refractivity contribution in [3.05, 3.63) is 24.3 Å². The summed E-state index contributed by atoms with van der Waals surface area (Å²) in [4.78, 5) is 23.8. The molecule has 17 heavy (non-hydrogen) atoms. The van der Waals surface area contributed by atoms with Crippen molar-refractivity contribution in [1.82, 2.24) is 0 Å². The van der Waals surface area contributed by atoms with E-state index < -0.39 is 24.5 Å². The number of aliphatic carboxylic acids is 1. The minimum absolute atomic E-state index is 0.0476. The van der Waals surface area contributed by atoms with Crippen LogP contribution in [0.25, 0.3) is 0 Å². The third-order valence-electron chi connectivity index (χ3n) is 2.45. The van der Waals surface area contributed by atoms with Crippen LogP contribution in [0.2, 0.25) is 0 Å². The van der Waals surface area contributed by atoms with Gasteiger partial charge in [-0.1, -0.05) is 12.1 Å². The summed E-state index contributed by atoms with van der Waals surface area (Å²) in [5.74, 6) is -1.07. The highest BCUT2D eigenvalue weighted by molar-refractivity contribution is 6.02. The van der Waals surface area contributed by atoms with Crippen molar-refractivity contribution in [1.29, 1.82) is 0 Å². The van der Waals surface area contributed by atoms with Crippen molar-refractivity contribution in [2.45, 2.75) is 6.04 Å². The van der Waals surface area contributed by atoms with Gasteiger partial charge in [0.1, 0.15) is 24.9 Å². The highest BCUT2D eigenvalue weighted by Gasteiger charge is 2.30. The number of carbonyl (C=O) groups is 2. The number of fused-ring (bicyclic) bond motifs is 1. The number of anilines is 1. The Hall–Kier alpha value is -2.08. The number of nitrogens with zero attached hydrogens (tertiary/aromatic N) is 1. The number of ether oxygens (including phenoxy) is 1. The molecule has 0 saturated carbocycles. The molecule has 90 valence electrons. The Kier molecular flexibility index (Phi) is 2.97. The second-order valence-electron chi connectivity index (χ2n) is 3.70. The summed E-state index contributed by atoms with van der Waals surface area (Å²) in [6.45, 7) is -0.376. The molecule has 1 aliphatic heterocycles. The lowest BCUT2D eigenvalue weighted by Crippen LogP contribution is -2.47. The first kappa shape index (κ1) is 11.4. The Bertz CT molecular complexity index is 461. The SMILES string of the molecule is NC1COc2ccccc2N(CC(=O)O)C1=O. The summed E-state index contributed by atoms with van der Waals surface area (Å²) in [7, 11) is 0. The Morgan fingerprint density at radius 2 is 2.24 bits per heavy atom. The molecule has 2 rings (SSSR count). The van der Waals surface area contributed by atoms with Crippen LogP contribution in [0, 0.1) is 0 Å². The number of rotatable bonds is 2. The molecule has 1 atom stereocenters. The third-order valence-corrected chi connectivity index (χ3v) is 2.45. The van der Waals surface area contributed by atoms with Gasteiger partial charge in [0.2, 0.25) is 5.91 Å². The van der Waals surface area contributed by atoms with Crippen LogP contribution in [-0.2, 0) is 9.59 Å². The average Bonchev–Trinajstić information content (AvgIpc) is 2.42. The summed E-state index contributed by atoms with van der Waals surface area (Å²) in [5, 5.41) is 8.81. The van der Waals surface area contributed by atoms with E-state index in [9.17, 15) is 9.59 Å². The highest BCUT2D eigenvalue weighted by atomic mass is 16.5. The number of nitrogens with two attached hydrogens (primary N) is 1. The maximum Gasteiger partial charge on any atom is 0.323 e. The predicted octanol–water partition coefficient (Wildman–Crippen LogP) is -0.176. The van der Waals surface area contributed by atoms with E-state index in [0.717, 1.165) is 4.90 Å². The van der Waals surface area contributed by atoms with Crippen molar-refractivity contribution in [3.63, 3.8) is 0 Å².